The van der Waals surface area contributed by atoms with Gasteiger partial charge >= 0.3 is 0 Å². The van der Waals surface area contributed by atoms with Crippen molar-refractivity contribution >= 4 is 50.8 Å². The van der Waals surface area contributed by atoms with E-state index < -0.39 is 5.91 Å². The van der Waals surface area contributed by atoms with Gasteiger partial charge in [0.25, 0.3) is 5.91 Å². The molecule has 2 N–H and O–H groups in total. The molecule has 0 unspecified atom stereocenters. The van der Waals surface area contributed by atoms with Gasteiger partial charge in [0.05, 0.1) is 6.54 Å². The number of benzene rings is 2. The molecule has 0 fully saturated rings. The molecule has 8 heteroatoms. The van der Waals surface area contributed by atoms with Gasteiger partial charge in [0.2, 0.25) is 0 Å². The molecule has 2 heterocycles. The Kier molecular flexibility index (Phi) is 6.56. The summed E-state index contributed by atoms with van der Waals surface area (Å²) in [6.45, 7) is 0.335. The summed E-state index contributed by atoms with van der Waals surface area (Å²) in [6.07, 6.45) is 0. The predicted octanol–water partition coefficient (Wildman–Crippen LogP) is 6.43. The van der Waals surface area contributed by atoms with Crippen molar-refractivity contribution in [1.29, 1.82) is 0 Å². The van der Waals surface area contributed by atoms with Crippen molar-refractivity contribution in [3.8, 4) is 22.6 Å². The van der Waals surface area contributed by atoms with Crippen molar-refractivity contribution < 1.29 is 13.6 Å². The summed E-state index contributed by atoms with van der Waals surface area (Å²) in [5.41, 5.74) is 1.75. The molecule has 156 valence electrons. The standard InChI is InChI=1S/C23H16BrClN2O3S/c24-16-6-4-14(5-7-16)19-9-8-18(29-19)13-26-23(31)27-22(28)21-11-10-20(30-21)15-2-1-3-17(25)12-15/h1-12H,13H2,(H2,26,27,28,31). The second kappa shape index (κ2) is 9.51. The highest BCUT2D eigenvalue weighted by atomic mass is 79.9. The Morgan fingerprint density at radius 1 is 0.935 bits per heavy atom. The van der Waals surface area contributed by atoms with Crippen molar-refractivity contribution in [2.45, 2.75) is 6.54 Å². The first-order valence-corrected chi connectivity index (χ1v) is 10.9. The van der Waals surface area contributed by atoms with E-state index in [0.29, 0.717) is 23.1 Å². The van der Waals surface area contributed by atoms with E-state index in [1.807, 2.05) is 48.5 Å². The van der Waals surface area contributed by atoms with Crippen LogP contribution in [0.4, 0.5) is 0 Å². The second-order valence-corrected chi connectivity index (χ2v) is 8.34. The number of hydrogen-bond donors (Lipinski definition) is 2. The SMILES string of the molecule is O=C(NC(=S)NCc1ccc(-c2ccc(Br)cc2)o1)c1ccc(-c2cccc(Cl)c2)o1. The van der Waals surface area contributed by atoms with E-state index in [1.165, 1.54) is 0 Å². The zero-order valence-electron chi connectivity index (χ0n) is 16.0. The van der Waals surface area contributed by atoms with E-state index in [-0.39, 0.29) is 10.9 Å². The summed E-state index contributed by atoms with van der Waals surface area (Å²) in [4.78, 5) is 12.4. The van der Waals surface area contributed by atoms with Gasteiger partial charge in [0.1, 0.15) is 17.3 Å². The summed E-state index contributed by atoms with van der Waals surface area (Å²) in [5, 5.41) is 6.32. The zero-order chi connectivity index (χ0) is 21.8. The van der Waals surface area contributed by atoms with Gasteiger partial charge in [-0.1, -0.05) is 51.8 Å². The molecule has 0 spiro atoms. The molecular formula is C23H16BrClN2O3S. The summed E-state index contributed by atoms with van der Waals surface area (Å²) in [6, 6.07) is 22.1. The highest BCUT2D eigenvalue weighted by molar-refractivity contribution is 9.10. The topological polar surface area (TPSA) is 67.4 Å². The Bertz CT molecular complexity index is 1230. The number of nitrogens with one attached hydrogen (secondary N) is 2. The van der Waals surface area contributed by atoms with Crippen LogP contribution < -0.4 is 10.6 Å². The lowest BCUT2D eigenvalue weighted by Crippen LogP contribution is -2.38. The van der Waals surface area contributed by atoms with Gasteiger partial charge in [0.15, 0.2) is 10.9 Å². The fraction of sp³-hybridized carbons (Fsp3) is 0.0435. The molecular weight excluding hydrogens is 500 g/mol. The third-order valence-electron chi connectivity index (χ3n) is 4.38. The molecule has 0 aliphatic rings. The molecule has 0 saturated heterocycles. The first-order chi connectivity index (χ1) is 15.0. The average molecular weight is 516 g/mol. The minimum absolute atomic E-state index is 0.148. The zero-order valence-corrected chi connectivity index (χ0v) is 19.2. The van der Waals surface area contributed by atoms with E-state index in [9.17, 15) is 4.79 Å². The third kappa shape index (κ3) is 5.44. The molecule has 1 amide bonds. The van der Waals surface area contributed by atoms with Crippen LogP contribution in [0, 0.1) is 0 Å². The number of carbonyl (C=O) groups excluding carboxylic acids is 1. The maximum atomic E-state index is 12.4. The maximum Gasteiger partial charge on any atom is 0.293 e. The van der Waals surface area contributed by atoms with Crippen LogP contribution in [0.3, 0.4) is 0 Å². The Morgan fingerprint density at radius 3 is 2.45 bits per heavy atom. The van der Waals surface area contributed by atoms with Gasteiger partial charge in [-0.15, -0.1) is 0 Å². The number of amides is 1. The Balaban J connectivity index is 1.32. The minimum Gasteiger partial charge on any atom is -0.459 e. The Hall–Kier alpha value is -2.87. The number of rotatable bonds is 5. The largest absolute Gasteiger partial charge is 0.459 e. The van der Waals surface area contributed by atoms with Crippen LogP contribution in [0.25, 0.3) is 22.6 Å². The predicted molar refractivity (Wildman–Crippen MR) is 128 cm³/mol. The lowest BCUT2D eigenvalue weighted by atomic mass is 10.2. The molecule has 4 aromatic rings. The van der Waals surface area contributed by atoms with Crippen LogP contribution in [0.1, 0.15) is 16.3 Å². The number of thiocarbonyl (C=S) groups is 1. The van der Waals surface area contributed by atoms with Crippen LogP contribution in [-0.4, -0.2) is 11.0 Å². The third-order valence-corrected chi connectivity index (χ3v) is 5.39. The lowest BCUT2D eigenvalue weighted by molar-refractivity contribution is 0.0950. The number of hydrogen-bond acceptors (Lipinski definition) is 4. The second-order valence-electron chi connectivity index (χ2n) is 6.58. The molecule has 2 aromatic heterocycles. The van der Waals surface area contributed by atoms with E-state index >= 15 is 0 Å². The summed E-state index contributed by atoms with van der Waals surface area (Å²) < 4.78 is 12.5. The van der Waals surface area contributed by atoms with Crippen LogP contribution in [0.2, 0.25) is 5.02 Å². The molecule has 0 radical (unpaired) electrons. The highest BCUT2D eigenvalue weighted by Gasteiger charge is 2.14. The van der Waals surface area contributed by atoms with Gasteiger partial charge in [-0.25, -0.2) is 0 Å². The van der Waals surface area contributed by atoms with Crippen LogP contribution >= 0.6 is 39.7 Å². The lowest BCUT2D eigenvalue weighted by Gasteiger charge is -2.07. The van der Waals surface area contributed by atoms with Crippen molar-refractivity contribution in [1.82, 2.24) is 10.6 Å². The molecule has 0 atom stereocenters. The molecule has 31 heavy (non-hydrogen) atoms. The molecule has 2 aromatic carbocycles. The number of carbonyl (C=O) groups is 1. The minimum atomic E-state index is -0.444. The molecule has 0 saturated carbocycles. The van der Waals surface area contributed by atoms with Gasteiger partial charge in [-0.3, -0.25) is 10.1 Å². The fourth-order valence-corrected chi connectivity index (χ4v) is 3.49. The molecule has 0 aliphatic carbocycles. The summed E-state index contributed by atoms with van der Waals surface area (Å²) in [7, 11) is 0. The smallest absolute Gasteiger partial charge is 0.293 e. The van der Waals surface area contributed by atoms with Crippen molar-refractivity contribution in [2.24, 2.45) is 0 Å². The van der Waals surface area contributed by atoms with Crippen molar-refractivity contribution in [3.63, 3.8) is 0 Å². The molecule has 5 nitrogen and oxygen atoms in total. The number of furan rings is 2. The van der Waals surface area contributed by atoms with E-state index in [2.05, 4.69) is 26.6 Å². The number of halogens is 2. The average Bonchev–Trinajstić information content (AvgIpc) is 3.43. The van der Waals surface area contributed by atoms with Gasteiger partial charge in [0, 0.05) is 20.6 Å². The van der Waals surface area contributed by atoms with E-state index in [4.69, 9.17) is 32.7 Å². The Morgan fingerprint density at radius 2 is 1.68 bits per heavy atom. The van der Waals surface area contributed by atoms with Gasteiger partial charge in [-0.05, 0) is 60.7 Å². The fourth-order valence-electron chi connectivity index (χ4n) is 2.88. The Labute approximate surface area is 197 Å². The quantitative estimate of drug-likeness (QED) is 0.300. The molecule has 4 rings (SSSR count). The van der Waals surface area contributed by atoms with Crippen molar-refractivity contribution in [3.05, 3.63) is 93.8 Å². The molecule has 0 bridgehead atoms. The maximum absolute atomic E-state index is 12.4. The van der Waals surface area contributed by atoms with E-state index in [1.54, 1.807) is 24.3 Å². The molecule has 0 aliphatic heterocycles. The normalized spacial score (nSPS) is 10.6. The first kappa shape index (κ1) is 21.4. The van der Waals surface area contributed by atoms with Crippen LogP contribution in [-0.2, 0) is 6.54 Å². The summed E-state index contributed by atoms with van der Waals surface area (Å²) >= 11 is 14.6. The van der Waals surface area contributed by atoms with Crippen LogP contribution in [0.15, 0.2) is 86.1 Å². The summed E-state index contributed by atoms with van der Waals surface area (Å²) in [5.74, 6) is 1.69. The monoisotopic (exact) mass is 514 g/mol. The van der Waals surface area contributed by atoms with Gasteiger partial charge < -0.3 is 14.2 Å². The van der Waals surface area contributed by atoms with Crippen molar-refractivity contribution in [2.75, 3.05) is 0 Å². The van der Waals surface area contributed by atoms with Crippen LogP contribution in [0.5, 0.6) is 0 Å². The van der Waals surface area contributed by atoms with E-state index in [0.717, 1.165) is 21.4 Å². The van der Waals surface area contributed by atoms with Gasteiger partial charge in [-0.2, -0.15) is 0 Å². The highest BCUT2D eigenvalue weighted by Crippen LogP contribution is 2.25. The first-order valence-electron chi connectivity index (χ1n) is 9.27.